The summed E-state index contributed by atoms with van der Waals surface area (Å²) in [6.07, 6.45) is 1.52. The van der Waals surface area contributed by atoms with Crippen LogP contribution in [0.3, 0.4) is 0 Å². The molecule has 0 spiro atoms. The van der Waals surface area contributed by atoms with Crippen molar-refractivity contribution in [2.45, 2.75) is 4.90 Å². The first-order chi connectivity index (χ1) is 13.3. The fourth-order valence-electron chi connectivity index (χ4n) is 2.95. The Bertz CT molecular complexity index is 1050. The van der Waals surface area contributed by atoms with Gasteiger partial charge in [-0.25, -0.2) is 0 Å². The van der Waals surface area contributed by atoms with Gasteiger partial charge in [-0.15, -0.1) is 9.24 Å². The molecule has 3 heterocycles. The minimum absolute atomic E-state index is 0. The number of ketones is 2. The van der Waals surface area contributed by atoms with Crippen LogP contribution in [-0.2, 0) is 19.7 Å². The Balaban J connectivity index is -0.000000513. The van der Waals surface area contributed by atoms with E-state index in [4.69, 9.17) is 4.55 Å². The normalized spacial score (nSPS) is 18.6. The van der Waals surface area contributed by atoms with Crippen LogP contribution in [0, 0.1) is 0 Å². The second-order valence-corrected chi connectivity index (χ2v) is 9.02. The third kappa shape index (κ3) is 7.64. The predicted molar refractivity (Wildman–Crippen MR) is 109 cm³/mol. The van der Waals surface area contributed by atoms with Crippen molar-refractivity contribution in [3.63, 3.8) is 0 Å². The average Bonchev–Trinajstić information content (AvgIpc) is 3.46. The summed E-state index contributed by atoms with van der Waals surface area (Å²) < 4.78 is 29.6. The number of hydrogen-bond donors (Lipinski definition) is 1. The molecule has 1 atom stereocenters. The molecule has 1 aliphatic carbocycles. The van der Waals surface area contributed by atoms with Gasteiger partial charge in [-0.2, -0.15) is 8.42 Å². The van der Waals surface area contributed by atoms with E-state index >= 15 is 0 Å². The summed E-state index contributed by atoms with van der Waals surface area (Å²) >= 11 is 0. The summed E-state index contributed by atoms with van der Waals surface area (Å²) in [5.74, 6) is 0.0485. The molecule has 3 fully saturated rings. The molecule has 3 saturated heterocycles. The van der Waals surface area contributed by atoms with Crippen LogP contribution in [0.15, 0.2) is 52.3 Å². The Morgan fingerprint density at radius 3 is 1.81 bits per heavy atom. The second kappa shape index (κ2) is 12.0. The van der Waals surface area contributed by atoms with E-state index in [0.29, 0.717) is 17.1 Å². The second-order valence-electron chi connectivity index (χ2n) is 6.93. The first kappa shape index (κ1) is 29.8. The Morgan fingerprint density at radius 1 is 0.871 bits per heavy atom. The number of rotatable bonds is 4. The van der Waals surface area contributed by atoms with Crippen LogP contribution in [0.1, 0.15) is 4.28 Å². The van der Waals surface area contributed by atoms with Crippen molar-refractivity contribution in [3.8, 4) is 0 Å². The van der Waals surface area contributed by atoms with E-state index < -0.39 is 10.1 Å². The summed E-state index contributed by atoms with van der Waals surface area (Å²) in [5, 5.41) is 0.722. The van der Waals surface area contributed by atoms with Gasteiger partial charge in [0.25, 0.3) is 10.1 Å². The molecule has 13 heteroatoms. The number of Topliss-reactive ketones (excluding diaryl/α,β-unsaturated/α-hetero) is 1. The summed E-state index contributed by atoms with van der Waals surface area (Å²) in [7, 11) is -1.69. The van der Waals surface area contributed by atoms with Crippen molar-refractivity contribution in [1.82, 2.24) is 14.7 Å². The molecule has 0 radical (unpaired) electrons. The van der Waals surface area contributed by atoms with Crippen LogP contribution < -0.4 is 94.0 Å². The van der Waals surface area contributed by atoms with E-state index in [1.54, 1.807) is 12.1 Å². The first-order valence-electron chi connectivity index (χ1n) is 8.88. The molecule has 0 aromatic heterocycles. The molecule has 1 aromatic rings. The Kier molecular flexibility index (Phi) is 11.5. The van der Waals surface area contributed by atoms with Gasteiger partial charge in [0, 0.05) is 45.3 Å². The summed E-state index contributed by atoms with van der Waals surface area (Å²) in [5.41, 5.74) is 1.89. The van der Waals surface area contributed by atoms with Gasteiger partial charge in [-0.1, -0.05) is 12.1 Å². The summed E-state index contributed by atoms with van der Waals surface area (Å²) in [6.45, 7) is 5.41. The van der Waals surface area contributed by atoms with Gasteiger partial charge in [0.1, 0.15) is 11.4 Å². The average molecular weight is 493 g/mol. The number of hydrogen-bond acceptors (Lipinski definition) is 7. The van der Waals surface area contributed by atoms with E-state index in [1.807, 2.05) is 14.7 Å². The van der Waals surface area contributed by atoms with E-state index in [0.717, 1.165) is 44.6 Å². The van der Waals surface area contributed by atoms with Crippen LogP contribution >= 0.6 is 9.24 Å². The van der Waals surface area contributed by atoms with Gasteiger partial charge in [-0.05, 0) is 17.4 Å². The zero-order valence-electron chi connectivity index (χ0n) is 21.0. The fraction of sp³-hybridized carbons (Fsp3) is 0.333. The molecule has 0 saturated carbocycles. The minimum Gasteiger partial charge on any atom is -1.00 e. The maximum Gasteiger partial charge on any atom is 1.00 e. The minimum atomic E-state index is -4.04. The van der Waals surface area contributed by atoms with Crippen LogP contribution in [0.2, 0.25) is 0 Å². The van der Waals surface area contributed by atoms with E-state index in [1.165, 1.54) is 18.2 Å². The zero-order valence-corrected chi connectivity index (χ0v) is 26.0. The Morgan fingerprint density at radius 2 is 1.39 bits per heavy atom. The number of allylic oxidation sites excluding steroid dienone is 1. The number of carbonyl (C=O) groups is 2. The molecule has 1 N–H and O–H groups in total. The monoisotopic (exact) mass is 493 g/mol. The molecule has 31 heavy (non-hydrogen) atoms. The third-order valence-corrected chi connectivity index (χ3v) is 5.85. The van der Waals surface area contributed by atoms with Crippen molar-refractivity contribution in [2.24, 2.45) is 0 Å². The topological polar surface area (TPSA) is 97.5 Å². The van der Waals surface area contributed by atoms with Gasteiger partial charge in [0.05, 0.1) is 10.6 Å². The van der Waals surface area contributed by atoms with E-state index in [2.05, 4.69) is 9.24 Å². The summed E-state index contributed by atoms with van der Waals surface area (Å²) in [4.78, 5) is 30.4. The predicted octanol–water partition coefficient (Wildman–Crippen LogP) is -9.04. The van der Waals surface area contributed by atoms with Crippen molar-refractivity contribution >= 4 is 36.2 Å². The molecule has 154 valence electrons. The van der Waals surface area contributed by atoms with Crippen molar-refractivity contribution < 1.29 is 116 Å². The molecular formula is C18H23N3Na3O5PS. The maximum atomic E-state index is 12.4. The first-order valence-corrected chi connectivity index (χ1v) is 10.9. The van der Waals surface area contributed by atoms with Gasteiger partial charge >= 0.3 is 88.7 Å². The van der Waals surface area contributed by atoms with Crippen molar-refractivity contribution in [3.05, 3.63) is 47.4 Å². The molecule has 5 rings (SSSR count). The molecule has 4 aliphatic rings. The quantitative estimate of drug-likeness (QED) is 0.145. The van der Waals surface area contributed by atoms with Gasteiger partial charge in [0.2, 0.25) is 11.6 Å². The third-order valence-electron chi connectivity index (χ3n) is 4.64. The molecule has 8 nitrogen and oxygen atoms in total. The SMILES string of the molecule is O=C1C=C(N2CC2)C(=O)C(N2CC2)=C1N1CC1.O=S(=O)(O)c1cccc(P)c1.[H-].[H-].[H-].[Na+].[Na+].[Na+]. The maximum absolute atomic E-state index is 12.4. The largest absolute Gasteiger partial charge is 1.00 e. The fourth-order valence-corrected chi connectivity index (χ4v) is 3.90. The smallest absolute Gasteiger partial charge is 1.00 e. The molecule has 0 amide bonds. The molecule has 1 aromatic carbocycles. The van der Waals surface area contributed by atoms with Crippen LogP contribution in [0.4, 0.5) is 0 Å². The number of benzene rings is 1. The molecule has 0 bridgehead atoms. The van der Waals surface area contributed by atoms with E-state index in [9.17, 15) is 18.0 Å². The van der Waals surface area contributed by atoms with E-state index in [-0.39, 0.29) is 109 Å². The standard InChI is InChI=1S/C12H13N3O2.C6H7O3PS.3Na.3H/c16-9-7-8(13-1-2-13)12(17)11(15-5-6-15)10(9)14-3-4-14;7-11(8,9)6-3-1-2-5(10)4-6;;;;;;/h7H,1-6H2;1-4H,10H2,(H,7,8,9);;;;;;/q;;3*+1;3*-1. The molecule has 3 aliphatic heterocycles. The van der Waals surface area contributed by atoms with Gasteiger partial charge < -0.3 is 19.0 Å². The van der Waals surface area contributed by atoms with Gasteiger partial charge in [0.15, 0.2) is 0 Å². The molecule has 1 unspecified atom stereocenters. The van der Waals surface area contributed by atoms with Crippen LogP contribution in [0.5, 0.6) is 0 Å². The van der Waals surface area contributed by atoms with Crippen molar-refractivity contribution in [1.29, 1.82) is 0 Å². The Labute approximate surface area is 255 Å². The number of nitrogens with zero attached hydrogens (tertiary/aromatic N) is 3. The number of carbonyl (C=O) groups excluding carboxylic acids is 2. The molecular weight excluding hydrogens is 470 g/mol. The Hall–Kier alpha value is 0.780. The van der Waals surface area contributed by atoms with Crippen LogP contribution in [-0.4, -0.2) is 78.5 Å². The zero-order chi connectivity index (χ0) is 20.1. The summed E-state index contributed by atoms with van der Waals surface area (Å²) in [6, 6.07) is 5.99. The van der Waals surface area contributed by atoms with Gasteiger partial charge in [-0.3, -0.25) is 14.1 Å². The van der Waals surface area contributed by atoms with Crippen LogP contribution in [0.25, 0.3) is 0 Å². The van der Waals surface area contributed by atoms with Crippen molar-refractivity contribution in [2.75, 3.05) is 39.3 Å².